The van der Waals surface area contributed by atoms with Crippen molar-refractivity contribution in [3.63, 3.8) is 0 Å². The van der Waals surface area contributed by atoms with Crippen LogP contribution in [0.3, 0.4) is 0 Å². The van der Waals surface area contributed by atoms with Crippen molar-refractivity contribution >= 4 is 23.4 Å². The fourth-order valence-corrected chi connectivity index (χ4v) is 5.99. The number of primary amides is 1. The van der Waals surface area contributed by atoms with Crippen LogP contribution in [0.15, 0.2) is 36.4 Å². The fraction of sp³-hybridized carbons (Fsp3) is 0.517. The summed E-state index contributed by atoms with van der Waals surface area (Å²) in [5.41, 5.74) is 7.69. The third-order valence-electron chi connectivity index (χ3n) is 8.14. The first-order valence-electron chi connectivity index (χ1n) is 12.9. The molecule has 2 amide bonds. The average Bonchev–Trinajstić information content (AvgIpc) is 3.29. The number of piperidine rings is 1. The van der Waals surface area contributed by atoms with E-state index < -0.39 is 29.4 Å². The van der Waals surface area contributed by atoms with Crippen molar-refractivity contribution < 1.29 is 18.4 Å². The Morgan fingerprint density at radius 2 is 1.68 bits per heavy atom. The molecule has 2 aliphatic rings. The predicted molar refractivity (Wildman–Crippen MR) is 142 cm³/mol. The molecule has 2 aromatic rings. The normalized spacial score (nSPS) is 22.3. The lowest BCUT2D eigenvalue weighted by Gasteiger charge is -2.36. The fourth-order valence-electron chi connectivity index (χ4n) is 5.81. The SMILES string of the molecule is C[C@H](C(N)=O)c1cc(Cl)ccc1C1CCN(C(=O)C2CN(C(C)(C)C)CC2c2ccc(F)cc2F)CC1. The van der Waals surface area contributed by atoms with Gasteiger partial charge in [0, 0.05) is 48.7 Å². The Hall–Kier alpha value is -2.51. The lowest BCUT2D eigenvalue weighted by molar-refractivity contribution is -0.136. The van der Waals surface area contributed by atoms with Gasteiger partial charge in [0.25, 0.3) is 0 Å². The first-order valence-corrected chi connectivity index (χ1v) is 13.3. The second kappa shape index (κ2) is 10.7. The van der Waals surface area contributed by atoms with Gasteiger partial charge in [-0.1, -0.05) is 23.7 Å². The lowest BCUT2D eigenvalue weighted by atomic mass is 9.82. The van der Waals surface area contributed by atoms with E-state index >= 15 is 0 Å². The minimum Gasteiger partial charge on any atom is -0.369 e. The Morgan fingerprint density at radius 3 is 2.27 bits per heavy atom. The van der Waals surface area contributed by atoms with E-state index in [2.05, 4.69) is 25.7 Å². The molecule has 2 aromatic carbocycles. The lowest BCUT2D eigenvalue weighted by Crippen LogP contribution is -2.44. The summed E-state index contributed by atoms with van der Waals surface area (Å²) >= 11 is 6.21. The van der Waals surface area contributed by atoms with Crippen LogP contribution in [-0.2, 0) is 9.59 Å². The number of amides is 2. The van der Waals surface area contributed by atoms with E-state index in [1.807, 2.05) is 23.1 Å². The molecule has 0 aliphatic carbocycles. The number of likely N-dealkylation sites (tertiary alicyclic amines) is 2. The summed E-state index contributed by atoms with van der Waals surface area (Å²) in [6.45, 7) is 10.2. The quantitative estimate of drug-likeness (QED) is 0.559. The molecule has 4 rings (SSSR count). The molecule has 0 spiro atoms. The number of benzene rings is 2. The largest absolute Gasteiger partial charge is 0.369 e. The van der Waals surface area contributed by atoms with Gasteiger partial charge in [-0.25, -0.2) is 8.78 Å². The molecule has 8 heteroatoms. The smallest absolute Gasteiger partial charge is 0.227 e. The van der Waals surface area contributed by atoms with Gasteiger partial charge in [-0.2, -0.15) is 0 Å². The van der Waals surface area contributed by atoms with Crippen LogP contribution in [0.5, 0.6) is 0 Å². The number of halogens is 3. The molecule has 2 N–H and O–H groups in total. The minimum atomic E-state index is -0.621. The standard InChI is InChI=1S/C29H36ClF2N3O2/c1-17(27(33)36)23-13-19(30)5-7-21(23)18-9-11-34(12-10-18)28(37)25-16-35(29(2,3)4)15-24(25)22-8-6-20(31)14-26(22)32/h5-8,13-14,17-18,24-25H,9-12,15-16H2,1-4H3,(H2,33,36)/t17-,24?,25?/m0/s1. The van der Waals surface area contributed by atoms with Crippen LogP contribution in [0.1, 0.15) is 75.0 Å². The third kappa shape index (κ3) is 5.83. The van der Waals surface area contributed by atoms with Gasteiger partial charge in [0.1, 0.15) is 11.6 Å². The summed E-state index contributed by atoms with van der Waals surface area (Å²) in [7, 11) is 0. The van der Waals surface area contributed by atoms with E-state index in [0.717, 1.165) is 30.0 Å². The molecule has 2 heterocycles. The summed E-state index contributed by atoms with van der Waals surface area (Å²) in [5.74, 6) is -2.64. The van der Waals surface area contributed by atoms with Gasteiger partial charge < -0.3 is 10.6 Å². The maximum Gasteiger partial charge on any atom is 0.227 e. The van der Waals surface area contributed by atoms with Gasteiger partial charge in [-0.05, 0) is 81.3 Å². The molecule has 200 valence electrons. The maximum absolute atomic E-state index is 14.8. The van der Waals surface area contributed by atoms with Gasteiger partial charge in [0.2, 0.25) is 11.8 Å². The van der Waals surface area contributed by atoms with Gasteiger partial charge in [0.15, 0.2) is 0 Å². The number of nitrogens with two attached hydrogens (primary N) is 1. The minimum absolute atomic E-state index is 0.0146. The number of carbonyl (C=O) groups is 2. The summed E-state index contributed by atoms with van der Waals surface area (Å²) < 4.78 is 28.4. The highest BCUT2D eigenvalue weighted by Gasteiger charge is 2.44. The van der Waals surface area contributed by atoms with Gasteiger partial charge in [0.05, 0.1) is 11.8 Å². The zero-order valence-corrected chi connectivity index (χ0v) is 22.7. The number of hydrogen-bond acceptors (Lipinski definition) is 3. The number of nitrogens with zero attached hydrogens (tertiary/aromatic N) is 2. The molecule has 2 unspecified atom stereocenters. The van der Waals surface area contributed by atoms with Crippen molar-refractivity contribution in [2.24, 2.45) is 11.7 Å². The van der Waals surface area contributed by atoms with E-state index in [0.29, 0.717) is 36.8 Å². The first kappa shape index (κ1) is 27.5. The van der Waals surface area contributed by atoms with Crippen LogP contribution in [0.4, 0.5) is 8.78 Å². The Morgan fingerprint density at radius 1 is 1.03 bits per heavy atom. The van der Waals surface area contributed by atoms with E-state index in [9.17, 15) is 18.4 Å². The highest BCUT2D eigenvalue weighted by molar-refractivity contribution is 6.30. The number of hydrogen-bond donors (Lipinski definition) is 1. The van der Waals surface area contributed by atoms with Crippen molar-refractivity contribution in [3.05, 3.63) is 69.7 Å². The van der Waals surface area contributed by atoms with Crippen molar-refractivity contribution in [3.8, 4) is 0 Å². The Bertz CT molecular complexity index is 1170. The van der Waals surface area contributed by atoms with Gasteiger partial charge in [-0.15, -0.1) is 0 Å². The third-order valence-corrected chi connectivity index (χ3v) is 8.37. The molecule has 2 aliphatic heterocycles. The molecule has 2 fully saturated rings. The van der Waals surface area contributed by atoms with Crippen LogP contribution in [0, 0.1) is 17.6 Å². The molecule has 0 saturated carbocycles. The van der Waals surface area contributed by atoms with E-state index in [-0.39, 0.29) is 23.3 Å². The Kier molecular flexibility index (Phi) is 7.96. The molecule has 0 bridgehead atoms. The van der Waals surface area contributed by atoms with Crippen molar-refractivity contribution in [2.75, 3.05) is 26.2 Å². The predicted octanol–water partition coefficient (Wildman–Crippen LogP) is 5.43. The number of rotatable bonds is 5. The molecule has 3 atom stereocenters. The summed E-state index contributed by atoms with van der Waals surface area (Å²) in [6, 6.07) is 9.25. The van der Waals surface area contributed by atoms with Crippen LogP contribution in [0.2, 0.25) is 5.02 Å². The molecule has 5 nitrogen and oxygen atoms in total. The zero-order valence-electron chi connectivity index (χ0n) is 21.9. The van der Waals surface area contributed by atoms with Crippen LogP contribution >= 0.6 is 11.6 Å². The van der Waals surface area contributed by atoms with Gasteiger partial charge >= 0.3 is 0 Å². The molecule has 37 heavy (non-hydrogen) atoms. The van der Waals surface area contributed by atoms with E-state index in [4.69, 9.17) is 17.3 Å². The summed E-state index contributed by atoms with van der Waals surface area (Å²) in [5, 5.41) is 0.558. The first-order chi connectivity index (χ1) is 17.4. The van der Waals surface area contributed by atoms with E-state index in [1.165, 1.54) is 12.1 Å². The average molecular weight is 532 g/mol. The van der Waals surface area contributed by atoms with Crippen LogP contribution in [-0.4, -0.2) is 53.3 Å². The van der Waals surface area contributed by atoms with Crippen molar-refractivity contribution in [1.29, 1.82) is 0 Å². The summed E-state index contributed by atoms with van der Waals surface area (Å²) in [4.78, 5) is 29.8. The van der Waals surface area contributed by atoms with Crippen LogP contribution < -0.4 is 5.73 Å². The Labute approximate surface area is 222 Å². The van der Waals surface area contributed by atoms with E-state index in [1.54, 1.807) is 6.92 Å². The maximum atomic E-state index is 14.8. The van der Waals surface area contributed by atoms with Gasteiger partial charge in [-0.3, -0.25) is 14.5 Å². The monoisotopic (exact) mass is 531 g/mol. The Balaban J connectivity index is 1.53. The zero-order chi connectivity index (χ0) is 27.1. The summed E-state index contributed by atoms with van der Waals surface area (Å²) in [6.07, 6.45) is 1.49. The van der Waals surface area contributed by atoms with Crippen LogP contribution in [0.25, 0.3) is 0 Å². The second-order valence-corrected chi connectivity index (χ2v) is 11.9. The molecule has 0 aromatic heterocycles. The van der Waals surface area contributed by atoms with Crippen molar-refractivity contribution in [2.45, 2.75) is 63.8 Å². The van der Waals surface area contributed by atoms with Crippen molar-refractivity contribution in [1.82, 2.24) is 9.80 Å². The molecular weight excluding hydrogens is 496 g/mol. The molecule has 0 radical (unpaired) electrons. The molecule has 2 saturated heterocycles. The topological polar surface area (TPSA) is 66.6 Å². The highest BCUT2D eigenvalue weighted by Crippen LogP contribution is 2.40. The highest BCUT2D eigenvalue weighted by atomic mass is 35.5. The number of carbonyl (C=O) groups excluding carboxylic acids is 2. The second-order valence-electron chi connectivity index (χ2n) is 11.5. The molecular formula is C29H36ClF2N3O2.